The molecule has 88 valence electrons. The monoisotopic (exact) mass is 211 g/mol. The van der Waals surface area contributed by atoms with Crippen LogP contribution in [0.3, 0.4) is 0 Å². The predicted octanol–water partition coefficient (Wildman–Crippen LogP) is 2.43. The average molecular weight is 211 g/mol. The van der Waals surface area contributed by atoms with Gasteiger partial charge in [0.05, 0.1) is 6.10 Å². The molecular formula is C13H25NO. The minimum absolute atomic E-state index is 0.259. The Bertz CT molecular complexity index is 201. The summed E-state index contributed by atoms with van der Waals surface area (Å²) in [5, 5.41) is 9.60. The van der Waals surface area contributed by atoms with E-state index in [1.807, 2.05) is 6.08 Å². The third kappa shape index (κ3) is 4.35. The Balaban J connectivity index is 2.51. The molecular weight excluding hydrogens is 186 g/mol. The van der Waals surface area contributed by atoms with Crippen LogP contribution >= 0.6 is 0 Å². The standard InChI is InChI=1S/C13H25NO/c1-4-6-12(9-11(2)3)14-8-5-7-13(15)10-14/h5,7,11-13,15H,4,6,8-10H2,1-3H3. The molecule has 0 aliphatic carbocycles. The molecule has 0 amide bonds. The van der Waals surface area contributed by atoms with E-state index in [-0.39, 0.29) is 6.10 Å². The van der Waals surface area contributed by atoms with Crippen molar-refractivity contribution in [1.29, 1.82) is 0 Å². The maximum Gasteiger partial charge on any atom is 0.0848 e. The minimum atomic E-state index is -0.259. The topological polar surface area (TPSA) is 23.5 Å². The van der Waals surface area contributed by atoms with Crippen LogP contribution in [0.4, 0.5) is 0 Å². The zero-order valence-corrected chi connectivity index (χ0v) is 10.3. The van der Waals surface area contributed by atoms with E-state index in [0.29, 0.717) is 6.04 Å². The smallest absolute Gasteiger partial charge is 0.0848 e. The van der Waals surface area contributed by atoms with Gasteiger partial charge in [-0.1, -0.05) is 39.3 Å². The highest BCUT2D eigenvalue weighted by Crippen LogP contribution is 2.18. The number of β-amino-alcohol motifs (C(OH)–C–C–N with tert-alkyl or cyclic N) is 1. The van der Waals surface area contributed by atoms with Crippen LogP contribution < -0.4 is 0 Å². The Labute approximate surface area is 94.0 Å². The zero-order chi connectivity index (χ0) is 11.3. The van der Waals surface area contributed by atoms with Crippen LogP contribution in [-0.2, 0) is 0 Å². The molecule has 2 nitrogen and oxygen atoms in total. The van der Waals surface area contributed by atoms with Crippen molar-refractivity contribution in [2.45, 2.75) is 52.2 Å². The molecule has 2 atom stereocenters. The summed E-state index contributed by atoms with van der Waals surface area (Å²) >= 11 is 0. The van der Waals surface area contributed by atoms with Gasteiger partial charge in [0.25, 0.3) is 0 Å². The second-order valence-corrected chi connectivity index (χ2v) is 5.02. The number of rotatable bonds is 5. The van der Waals surface area contributed by atoms with Gasteiger partial charge in [0.15, 0.2) is 0 Å². The van der Waals surface area contributed by atoms with Crippen LogP contribution in [0.15, 0.2) is 12.2 Å². The van der Waals surface area contributed by atoms with Crippen LogP contribution in [0.25, 0.3) is 0 Å². The molecule has 1 aliphatic rings. The fraction of sp³-hybridized carbons (Fsp3) is 0.846. The highest BCUT2D eigenvalue weighted by molar-refractivity contribution is 4.98. The Kier molecular flexibility index (Phi) is 5.34. The number of aliphatic hydroxyl groups is 1. The normalized spacial score (nSPS) is 24.7. The second-order valence-electron chi connectivity index (χ2n) is 5.02. The molecule has 0 spiro atoms. The van der Waals surface area contributed by atoms with Gasteiger partial charge in [-0.3, -0.25) is 4.90 Å². The minimum Gasteiger partial charge on any atom is -0.388 e. The highest BCUT2D eigenvalue weighted by Gasteiger charge is 2.21. The Morgan fingerprint density at radius 1 is 1.47 bits per heavy atom. The molecule has 0 fully saturated rings. The molecule has 2 unspecified atom stereocenters. The Hall–Kier alpha value is -0.340. The lowest BCUT2D eigenvalue weighted by molar-refractivity contribution is 0.0992. The van der Waals surface area contributed by atoms with Crippen molar-refractivity contribution in [1.82, 2.24) is 4.90 Å². The van der Waals surface area contributed by atoms with Crippen molar-refractivity contribution >= 4 is 0 Å². The van der Waals surface area contributed by atoms with Gasteiger partial charge in [0.1, 0.15) is 0 Å². The maximum atomic E-state index is 9.60. The van der Waals surface area contributed by atoms with Crippen LogP contribution in [0.5, 0.6) is 0 Å². The van der Waals surface area contributed by atoms with Crippen LogP contribution in [0.1, 0.15) is 40.0 Å². The molecule has 1 rings (SSSR count). The van der Waals surface area contributed by atoms with Crippen molar-refractivity contribution in [3.8, 4) is 0 Å². The lowest BCUT2D eigenvalue weighted by atomic mass is 9.97. The maximum absolute atomic E-state index is 9.60. The summed E-state index contributed by atoms with van der Waals surface area (Å²) in [7, 11) is 0. The van der Waals surface area contributed by atoms with Gasteiger partial charge in [-0.2, -0.15) is 0 Å². The lowest BCUT2D eigenvalue weighted by Gasteiger charge is -2.35. The van der Waals surface area contributed by atoms with Crippen molar-refractivity contribution in [3.63, 3.8) is 0 Å². The van der Waals surface area contributed by atoms with Gasteiger partial charge in [-0.15, -0.1) is 0 Å². The van der Waals surface area contributed by atoms with Gasteiger partial charge in [0.2, 0.25) is 0 Å². The first-order valence-corrected chi connectivity index (χ1v) is 6.22. The molecule has 0 aromatic carbocycles. The molecule has 0 aromatic rings. The van der Waals surface area contributed by atoms with Gasteiger partial charge >= 0.3 is 0 Å². The zero-order valence-electron chi connectivity index (χ0n) is 10.3. The molecule has 0 saturated heterocycles. The Morgan fingerprint density at radius 2 is 2.20 bits per heavy atom. The number of nitrogens with zero attached hydrogens (tertiary/aromatic N) is 1. The summed E-state index contributed by atoms with van der Waals surface area (Å²) in [5.74, 6) is 0.740. The van der Waals surface area contributed by atoms with Gasteiger partial charge in [-0.05, 0) is 18.8 Å². The predicted molar refractivity (Wildman–Crippen MR) is 64.9 cm³/mol. The van der Waals surface area contributed by atoms with E-state index in [9.17, 15) is 5.11 Å². The number of aliphatic hydroxyl groups excluding tert-OH is 1. The van der Waals surface area contributed by atoms with Crippen LogP contribution in [0, 0.1) is 5.92 Å². The van der Waals surface area contributed by atoms with E-state index >= 15 is 0 Å². The number of hydrogen-bond donors (Lipinski definition) is 1. The van der Waals surface area contributed by atoms with Crippen LogP contribution in [0.2, 0.25) is 0 Å². The van der Waals surface area contributed by atoms with Gasteiger partial charge in [0, 0.05) is 19.1 Å². The summed E-state index contributed by atoms with van der Waals surface area (Å²) in [6, 6.07) is 0.648. The second kappa shape index (κ2) is 6.29. The quantitative estimate of drug-likeness (QED) is 0.706. The molecule has 0 aromatic heterocycles. The lowest BCUT2D eigenvalue weighted by Crippen LogP contribution is -2.43. The fourth-order valence-electron chi connectivity index (χ4n) is 2.35. The summed E-state index contributed by atoms with van der Waals surface area (Å²) in [4.78, 5) is 2.42. The molecule has 0 radical (unpaired) electrons. The summed E-state index contributed by atoms with van der Waals surface area (Å²) in [6.45, 7) is 8.61. The van der Waals surface area contributed by atoms with Crippen molar-refractivity contribution in [2.75, 3.05) is 13.1 Å². The van der Waals surface area contributed by atoms with Gasteiger partial charge < -0.3 is 5.11 Å². The molecule has 1 heterocycles. The third-order valence-corrected chi connectivity index (χ3v) is 3.00. The van der Waals surface area contributed by atoms with E-state index in [1.54, 1.807) is 0 Å². The highest BCUT2D eigenvalue weighted by atomic mass is 16.3. The molecule has 0 saturated carbocycles. The van der Waals surface area contributed by atoms with E-state index in [2.05, 4.69) is 31.7 Å². The van der Waals surface area contributed by atoms with E-state index in [0.717, 1.165) is 19.0 Å². The first-order valence-electron chi connectivity index (χ1n) is 6.22. The van der Waals surface area contributed by atoms with Crippen LogP contribution in [-0.4, -0.2) is 35.2 Å². The van der Waals surface area contributed by atoms with E-state index in [4.69, 9.17) is 0 Å². The van der Waals surface area contributed by atoms with Crippen molar-refractivity contribution in [3.05, 3.63) is 12.2 Å². The molecule has 2 heteroatoms. The molecule has 1 aliphatic heterocycles. The summed E-state index contributed by atoms with van der Waals surface area (Å²) < 4.78 is 0. The SMILES string of the molecule is CCCC(CC(C)C)N1CC=CC(O)C1. The fourth-order valence-corrected chi connectivity index (χ4v) is 2.35. The summed E-state index contributed by atoms with van der Waals surface area (Å²) in [6.07, 6.45) is 7.47. The van der Waals surface area contributed by atoms with Crippen molar-refractivity contribution in [2.24, 2.45) is 5.92 Å². The third-order valence-electron chi connectivity index (χ3n) is 3.00. The summed E-state index contributed by atoms with van der Waals surface area (Å²) in [5.41, 5.74) is 0. The molecule has 15 heavy (non-hydrogen) atoms. The Morgan fingerprint density at radius 3 is 2.73 bits per heavy atom. The molecule has 1 N–H and O–H groups in total. The molecule has 0 bridgehead atoms. The largest absolute Gasteiger partial charge is 0.388 e. The van der Waals surface area contributed by atoms with E-state index < -0.39 is 0 Å². The van der Waals surface area contributed by atoms with Gasteiger partial charge in [-0.25, -0.2) is 0 Å². The van der Waals surface area contributed by atoms with E-state index in [1.165, 1.54) is 19.3 Å². The first kappa shape index (κ1) is 12.7. The van der Waals surface area contributed by atoms with Crippen molar-refractivity contribution < 1.29 is 5.11 Å². The average Bonchev–Trinajstić information content (AvgIpc) is 2.16. The first-order chi connectivity index (χ1) is 7.13. The number of hydrogen-bond acceptors (Lipinski definition) is 2.